The Bertz CT molecular complexity index is 426. The van der Waals surface area contributed by atoms with Gasteiger partial charge in [-0.1, -0.05) is 6.92 Å². The summed E-state index contributed by atoms with van der Waals surface area (Å²) in [6, 6.07) is 1.03. The second-order valence-electron chi connectivity index (χ2n) is 3.72. The molecule has 1 heterocycles. The topological polar surface area (TPSA) is 73.2 Å². The van der Waals surface area contributed by atoms with Crippen LogP contribution in [-0.2, 0) is 23.0 Å². The molecule has 1 aromatic heterocycles. The van der Waals surface area contributed by atoms with E-state index >= 15 is 0 Å². The lowest BCUT2D eigenvalue weighted by Gasteiger charge is -2.11. The van der Waals surface area contributed by atoms with Crippen molar-refractivity contribution in [3.63, 3.8) is 0 Å². The van der Waals surface area contributed by atoms with Gasteiger partial charge < -0.3 is 10.1 Å². The molecule has 1 rings (SSSR count). The Balaban J connectivity index is 2.76. The van der Waals surface area contributed by atoms with E-state index in [1.54, 1.807) is 20.0 Å². The van der Waals surface area contributed by atoms with Gasteiger partial charge in [0, 0.05) is 7.05 Å². The molecule has 0 fully saturated rings. The van der Waals surface area contributed by atoms with Crippen molar-refractivity contribution < 1.29 is 14.3 Å². The van der Waals surface area contributed by atoms with E-state index in [0.29, 0.717) is 5.69 Å². The van der Waals surface area contributed by atoms with E-state index in [2.05, 4.69) is 15.2 Å². The average Bonchev–Trinajstić information content (AvgIpc) is 2.69. The van der Waals surface area contributed by atoms with Gasteiger partial charge in [0.1, 0.15) is 11.7 Å². The number of carbonyl (C=O) groups is 2. The lowest BCUT2D eigenvalue weighted by molar-refractivity contribution is -0.142. The normalized spacial score (nSPS) is 12.0. The van der Waals surface area contributed by atoms with Gasteiger partial charge in [0.25, 0.3) is 5.91 Å². The minimum Gasteiger partial charge on any atom is -0.467 e. The number of aromatic nitrogens is 2. The van der Waals surface area contributed by atoms with Crippen LogP contribution in [0.1, 0.15) is 30.0 Å². The Morgan fingerprint density at radius 3 is 2.71 bits per heavy atom. The third-order valence-corrected chi connectivity index (χ3v) is 2.43. The molecule has 6 nitrogen and oxygen atoms in total. The lowest BCUT2D eigenvalue weighted by Crippen LogP contribution is -2.39. The summed E-state index contributed by atoms with van der Waals surface area (Å²) in [7, 11) is 2.97. The summed E-state index contributed by atoms with van der Waals surface area (Å²) in [5.74, 6) is -0.811. The Labute approximate surface area is 99.9 Å². The van der Waals surface area contributed by atoms with Gasteiger partial charge in [0.05, 0.1) is 12.8 Å². The predicted octanol–water partition coefficient (Wildman–Crippen LogP) is 0.274. The Morgan fingerprint density at radius 2 is 2.24 bits per heavy atom. The average molecular weight is 239 g/mol. The maximum Gasteiger partial charge on any atom is 0.328 e. The number of amides is 1. The molecule has 1 aromatic rings. The number of hydrogen-bond donors (Lipinski definition) is 1. The van der Waals surface area contributed by atoms with Crippen molar-refractivity contribution in [2.75, 3.05) is 7.11 Å². The molecular formula is C11H17N3O3. The van der Waals surface area contributed by atoms with Crippen molar-refractivity contribution in [3.05, 3.63) is 17.5 Å². The minimum atomic E-state index is -0.674. The maximum atomic E-state index is 11.8. The molecule has 0 aliphatic heterocycles. The van der Waals surface area contributed by atoms with Crippen molar-refractivity contribution >= 4 is 11.9 Å². The molecule has 0 saturated carbocycles. The Morgan fingerprint density at radius 1 is 1.59 bits per heavy atom. The van der Waals surface area contributed by atoms with Crippen LogP contribution in [0.2, 0.25) is 0 Å². The summed E-state index contributed by atoms with van der Waals surface area (Å²) in [6.45, 7) is 3.53. The number of carbonyl (C=O) groups excluding carboxylic acids is 2. The van der Waals surface area contributed by atoms with E-state index in [0.717, 1.165) is 12.1 Å². The number of aryl methyl sites for hydroxylation is 2. The summed E-state index contributed by atoms with van der Waals surface area (Å²) in [6.07, 6.45) is 0.758. The maximum absolute atomic E-state index is 11.8. The third-order valence-electron chi connectivity index (χ3n) is 2.43. The van der Waals surface area contributed by atoms with Crippen LogP contribution in [0.25, 0.3) is 0 Å². The predicted molar refractivity (Wildman–Crippen MR) is 61.5 cm³/mol. The lowest BCUT2D eigenvalue weighted by atomic mass is 10.2. The highest BCUT2D eigenvalue weighted by molar-refractivity contribution is 5.95. The van der Waals surface area contributed by atoms with Crippen molar-refractivity contribution in [1.29, 1.82) is 0 Å². The van der Waals surface area contributed by atoms with E-state index in [9.17, 15) is 9.59 Å². The first kappa shape index (κ1) is 13.2. The minimum absolute atomic E-state index is 0.336. The zero-order chi connectivity index (χ0) is 13.0. The fourth-order valence-electron chi connectivity index (χ4n) is 1.42. The summed E-state index contributed by atoms with van der Waals surface area (Å²) in [5, 5.41) is 6.71. The highest BCUT2D eigenvalue weighted by Gasteiger charge is 2.19. The molecule has 0 radical (unpaired) electrons. The van der Waals surface area contributed by atoms with Crippen molar-refractivity contribution in [2.45, 2.75) is 26.3 Å². The first-order valence-corrected chi connectivity index (χ1v) is 5.41. The monoisotopic (exact) mass is 239 g/mol. The van der Waals surface area contributed by atoms with Gasteiger partial charge in [-0.2, -0.15) is 5.10 Å². The summed E-state index contributed by atoms with van der Waals surface area (Å²) in [5.41, 5.74) is 1.26. The molecule has 1 unspecified atom stereocenters. The summed E-state index contributed by atoms with van der Waals surface area (Å²) < 4.78 is 6.03. The molecule has 1 amide bonds. The highest BCUT2D eigenvalue weighted by Crippen LogP contribution is 2.04. The number of esters is 1. The molecule has 94 valence electrons. The van der Waals surface area contributed by atoms with Crippen LogP contribution in [0.3, 0.4) is 0 Å². The number of rotatable bonds is 4. The molecule has 1 atom stereocenters. The van der Waals surface area contributed by atoms with Crippen molar-refractivity contribution in [1.82, 2.24) is 15.1 Å². The number of nitrogens with one attached hydrogen (secondary N) is 1. The molecule has 6 heteroatoms. The molecular weight excluding hydrogens is 222 g/mol. The van der Waals surface area contributed by atoms with Gasteiger partial charge in [-0.3, -0.25) is 9.48 Å². The summed E-state index contributed by atoms with van der Waals surface area (Å²) in [4.78, 5) is 23.0. The zero-order valence-corrected chi connectivity index (χ0v) is 10.5. The molecule has 1 N–H and O–H groups in total. The van der Waals surface area contributed by atoms with Crippen LogP contribution in [0.5, 0.6) is 0 Å². The molecule has 0 spiro atoms. The van der Waals surface area contributed by atoms with E-state index in [1.165, 1.54) is 11.8 Å². The molecule has 0 aromatic carbocycles. The van der Waals surface area contributed by atoms with Gasteiger partial charge in [0.15, 0.2) is 0 Å². The molecule has 0 aliphatic carbocycles. The summed E-state index contributed by atoms with van der Waals surface area (Å²) >= 11 is 0. The molecule has 0 aliphatic rings. The van der Waals surface area contributed by atoms with Crippen molar-refractivity contribution in [3.8, 4) is 0 Å². The second-order valence-corrected chi connectivity index (χ2v) is 3.72. The van der Waals surface area contributed by atoms with Crippen LogP contribution >= 0.6 is 0 Å². The van der Waals surface area contributed by atoms with E-state index < -0.39 is 12.0 Å². The molecule has 17 heavy (non-hydrogen) atoms. The SMILES string of the molecule is CCc1cc(C(=O)NC(C)C(=O)OC)n(C)n1. The van der Waals surface area contributed by atoms with Crippen molar-refractivity contribution in [2.24, 2.45) is 7.05 Å². The quantitative estimate of drug-likeness (QED) is 0.766. The van der Waals surface area contributed by atoms with Gasteiger partial charge in [0.2, 0.25) is 0 Å². The number of nitrogens with zero attached hydrogens (tertiary/aromatic N) is 2. The fraction of sp³-hybridized carbons (Fsp3) is 0.545. The van der Waals surface area contributed by atoms with Gasteiger partial charge >= 0.3 is 5.97 Å². The van der Waals surface area contributed by atoms with E-state index in [4.69, 9.17) is 0 Å². The first-order valence-electron chi connectivity index (χ1n) is 5.41. The smallest absolute Gasteiger partial charge is 0.328 e. The van der Waals surface area contributed by atoms with Gasteiger partial charge in [-0.25, -0.2) is 4.79 Å². The largest absolute Gasteiger partial charge is 0.467 e. The first-order chi connectivity index (χ1) is 7.99. The third kappa shape index (κ3) is 3.05. The van der Waals surface area contributed by atoms with Crippen LogP contribution in [-0.4, -0.2) is 34.8 Å². The van der Waals surface area contributed by atoms with Crippen LogP contribution in [0, 0.1) is 0 Å². The Kier molecular flexibility index (Phi) is 4.25. The molecule has 0 bridgehead atoms. The van der Waals surface area contributed by atoms with Gasteiger partial charge in [-0.05, 0) is 19.4 Å². The van der Waals surface area contributed by atoms with E-state index in [1.807, 2.05) is 6.92 Å². The van der Waals surface area contributed by atoms with Gasteiger partial charge in [-0.15, -0.1) is 0 Å². The second kappa shape index (κ2) is 5.47. The Hall–Kier alpha value is -1.85. The van der Waals surface area contributed by atoms with Crippen LogP contribution in [0.4, 0.5) is 0 Å². The number of methoxy groups -OCH3 is 1. The zero-order valence-electron chi connectivity index (χ0n) is 10.5. The van der Waals surface area contributed by atoms with Crippen LogP contribution < -0.4 is 5.32 Å². The number of hydrogen-bond acceptors (Lipinski definition) is 4. The standard InChI is InChI=1S/C11H17N3O3/c1-5-8-6-9(14(3)13-8)10(15)12-7(2)11(16)17-4/h6-7H,5H2,1-4H3,(H,12,15). The van der Waals surface area contributed by atoms with E-state index in [-0.39, 0.29) is 5.91 Å². The fourth-order valence-corrected chi connectivity index (χ4v) is 1.42. The molecule has 0 saturated heterocycles. The highest BCUT2D eigenvalue weighted by atomic mass is 16.5. The van der Waals surface area contributed by atoms with Crippen LogP contribution in [0.15, 0.2) is 6.07 Å². The number of ether oxygens (including phenoxy) is 1.